The van der Waals surface area contributed by atoms with E-state index in [1.165, 1.54) is 5.56 Å². The van der Waals surface area contributed by atoms with Crippen molar-refractivity contribution in [3.63, 3.8) is 0 Å². The van der Waals surface area contributed by atoms with Crippen LogP contribution in [0.5, 0.6) is 0 Å². The van der Waals surface area contributed by atoms with Crippen LogP contribution in [0.25, 0.3) is 0 Å². The minimum Gasteiger partial charge on any atom is -0.378 e. The maximum Gasteiger partial charge on any atom is 0.123 e. The summed E-state index contributed by atoms with van der Waals surface area (Å²) in [4.78, 5) is 8.17. The Labute approximate surface area is 132 Å². The van der Waals surface area contributed by atoms with Gasteiger partial charge in [0.15, 0.2) is 0 Å². The quantitative estimate of drug-likeness (QED) is 0.821. The predicted octanol–water partition coefficient (Wildman–Crippen LogP) is 2.89. The van der Waals surface area contributed by atoms with Gasteiger partial charge in [-0.1, -0.05) is 12.1 Å². The summed E-state index contributed by atoms with van der Waals surface area (Å²) in [6, 6.07) is 14.4. The molecule has 1 aromatic carbocycles. The van der Waals surface area contributed by atoms with E-state index in [1.807, 2.05) is 45.4 Å². The minimum absolute atomic E-state index is 0.224. The van der Waals surface area contributed by atoms with Crippen molar-refractivity contribution in [2.75, 3.05) is 32.6 Å². The molecule has 0 saturated carbocycles. The Hall–Kier alpha value is -2.38. The first-order chi connectivity index (χ1) is 10.6. The number of nitriles is 1. The molecule has 2 aromatic rings. The van der Waals surface area contributed by atoms with Gasteiger partial charge in [0.2, 0.25) is 0 Å². The van der Waals surface area contributed by atoms with Crippen LogP contribution in [0.15, 0.2) is 48.8 Å². The Morgan fingerprint density at radius 1 is 1.05 bits per heavy atom. The van der Waals surface area contributed by atoms with Crippen LogP contribution in [0.2, 0.25) is 0 Å². The molecule has 0 fully saturated rings. The van der Waals surface area contributed by atoms with E-state index in [1.54, 1.807) is 12.4 Å². The van der Waals surface area contributed by atoms with Crippen molar-refractivity contribution < 1.29 is 0 Å². The summed E-state index contributed by atoms with van der Waals surface area (Å²) in [6.45, 7) is 0.831. The summed E-state index contributed by atoms with van der Waals surface area (Å²) in [5, 5.41) is 9.51. The van der Waals surface area contributed by atoms with Gasteiger partial charge in [-0.25, -0.2) is 0 Å². The maximum atomic E-state index is 9.51. The molecule has 1 atom stereocenters. The number of pyridine rings is 1. The van der Waals surface area contributed by atoms with Crippen molar-refractivity contribution >= 4 is 5.69 Å². The van der Waals surface area contributed by atoms with Crippen LogP contribution in [-0.4, -0.2) is 37.6 Å². The summed E-state index contributed by atoms with van der Waals surface area (Å²) < 4.78 is 0. The van der Waals surface area contributed by atoms with Crippen molar-refractivity contribution in [3.8, 4) is 6.07 Å². The molecule has 4 nitrogen and oxygen atoms in total. The van der Waals surface area contributed by atoms with Crippen molar-refractivity contribution in [1.29, 1.82) is 5.26 Å². The highest BCUT2D eigenvalue weighted by Gasteiger charge is 2.16. The van der Waals surface area contributed by atoms with Gasteiger partial charge in [0.05, 0.1) is 6.07 Å². The fourth-order valence-electron chi connectivity index (χ4n) is 2.37. The fourth-order valence-corrected chi connectivity index (χ4v) is 2.37. The van der Waals surface area contributed by atoms with Gasteiger partial charge in [0.25, 0.3) is 0 Å². The highest BCUT2D eigenvalue weighted by molar-refractivity contribution is 5.47. The summed E-state index contributed by atoms with van der Waals surface area (Å²) in [6.07, 6.45) is 4.52. The molecule has 1 heterocycles. The van der Waals surface area contributed by atoms with E-state index in [2.05, 4.69) is 33.0 Å². The van der Waals surface area contributed by atoms with Crippen molar-refractivity contribution in [1.82, 2.24) is 9.88 Å². The Morgan fingerprint density at radius 3 is 2.23 bits per heavy atom. The molecule has 0 N–H and O–H groups in total. The summed E-state index contributed by atoms with van der Waals surface area (Å²) >= 11 is 0. The molecule has 1 unspecified atom stereocenters. The maximum absolute atomic E-state index is 9.51. The second kappa shape index (κ2) is 7.58. The molecule has 0 amide bonds. The van der Waals surface area contributed by atoms with Crippen LogP contribution in [0.3, 0.4) is 0 Å². The third-order valence-corrected chi connectivity index (χ3v) is 3.79. The molecule has 114 valence electrons. The van der Waals surface area contributed by atoms with Crippen LogP contribution in [0.4, 0.5) is 5.69 Å². The van der Waals surface area contributed by atoms with Gasteiger partial charge in [0.1, 0.15) is 6.04 Å². The van der Waals surface area contributed by atoms with Crippen LogP contribution >= 0.6 is 0 Å². The summed E-state index contributed by atoms with van der Waals surface area (Å²) in [5.74, 6) is 0. The molecule has 0 bridgehead atoms. The third kappa shape index (κ3) is 4.06. The topological polar surface area (TPSA) is 43.2 Å². The number of benzene rings is 1. The molecular weight excluding hydrogens is 272 g/mol. The SMILES string of the molecule is CN(C)c1ccc(C(C#N)N(C)CCc2ccncc2)cc1. The molecule has 22 heavy (non-hydrogen) atoms. The van der Waals surface area contributed by atoms with Gasteiger partial charge in [-0.05, 0) is 48.9 Å². The molecule has 0 radical (unpaired) electrons. The standard InChI is InChI=1S/C18H22N4/c1-21(2)17-6-4-16(5-7-17)18(14-19)22(3)13-10-15-8-11-20-12-9-15/h4-9,11-12,18H,10,13H2,1-3H3. The molecule has 0 aliphatic heterocycles. The molecular formula is C18H22N4. The molecule has 0 saturated heterocycles. The summed E-state index contributed by atoms with van der Waals surface area (Å²) in [5.41, 5.74) is 3.41. The normalized spacial score (nSPS) is 12.0. The number of hydrogen-bond donors (Lipinski definition) is 0. The van der Waals surface area contributed by atoms with Gasteiger partial charge < -0.3 is 4.90 Å². The van der Waals surface area contributed by atoms with Gasteiger partial charge in [-0.3, -0.25) is 9.88 Å². The first kappa shape index (κ1) is 16.0. The van der Waals surface area contributed by atoms with E-state index in [0.717, 1.165) is 24.2 Å². The van der Waals surface area contributed by atoms with Crippen LogP contribution in [0, 0.1) is 11.3 Å². The highest BCUT2D eigenvalue weighted by atomic mass is 15.1. The fraction of sp³-hybridized carbons (Fsp3) is 0.333. The average Bonchev–Trinajstić information content (AvgIpc) is 2.55. The number of hydrogen-bond acceptors (Lipinski definition) is 4. The number of rotatable bonds is 6. The summed E-state index contributed by atoms with van der Waals surface area (Å²) in [7, 11) is 6.02. The molecule has 0 aliphatic carbocycles. The van der Waals surface area contributed by atoms with Gasteiger partial charge in [0, 0.05) is 38.7 Å². The molecule has 0 spiro atoms. The molecule has 1 aromatic heterocycles. The third-order valence-electron chi connectivity index (χ3n) is 3.79. The zero-order chi connectivity index (χ0) is 15.9. The lowest BCUT2D eigenvalue weighted by Crippen LogP contribution is -2.26. The monoisotopic (exact) mass is 294 g/mol. The van der Waals surface area contributed by atoms with Crippen molar-refractivity contribution in [2.24, 2.45) is 0 Å². The zero-order valence-corrected chi connectivity index (χ0v) is 13.4. The van der Waals surface area contributed by atoms with Crippen molar-refractivity contribution in [2.45, 2.75) is 12.5 Å². The number of anilines is 1. The Balaban J connectivity index is 2.02. The number of nitrogens with zero attached hydrogens (tertiary/aromatic N) is 4. The Kier molecular flexibility index (Phi) is 5.51. The second-order valence-corrected chi connectivity index (χ2v) is 5.60. The minimum atomic E-state index is -0.224. The molecule has 4 heteroatoms. The second-order valence-electron chi connectivity index (χ2n) is 5.60. The lowest BCUT2D eigenvalue weighted by Gasteiger charge is -2.23. The van der Waals surface area contributed by atoms with E-state index in [-0.39, 0.29) is 6.04 Å². The average molecular weight is 294 g/mol. The number of likely N-dealkylation sites (N-methyl/N-ethyl adjacent to an activating group) is 1. The van der Waals surface area contributed by atoms with E-state index >= 15 is 0 Å². The van der Waals surface area contributed by atoms with Crippen LogP contribution < -0.4 is 4.90 Å². The van der Waals surface area contributed by atoms with Gasteiger partial charge in [-0.15, -0.1) is 0 Å². The number of aromatic nitrogens is 1. The van der Waals surface area contributed by atoms with E-state index in [4.69, 9.17) is 0 Å². The largest absolute Gasteiger partial charge is 0.378 e. The zero-order valence-electron chi connectivity index (χ0n) is 13.4. The highest BCUT2D eigenvalue weighted by Crippen LogP contribution is 2.22. The van der Waals surface area contributed by atoms with Crippen LogP contribution in [-0.2, 0) is 6.42 Å². The van der Waals surface area contributed by atoms with Gasteiger partial charge >= 0.3 is 0 Å². The Bertz CT molecular complexity index is 614. The van der Waals surface area contributed by atoms with Crippen LogP contribution in [0.1, 0.15) is 17.2 Å². The first-order valence-electron chi connectivity index (χ1n) is 7.38. The lowest BCUT2D eigenvalue weighted by atomic mass is 10.1. The van der Waals surface area contributed by atoms with E-state index in [9.17, 15) is 5.26 Å². The predicted molar refractivity (Wildman–Crippen MR) is 89.7 cm³/mol. The first-order valence-corrected chi connectivity index (χ1v) is 7.38. The van der Waals surface area contributed by atoms with E-state index < -0.39 is 0 Å². The van der Waals surface area contributed by atoms with Gasteiger partial charge in [-0.2, -0.15) is 5.26 Å². The van der Waals surface area contributed by atoms with E-state index in [0.29, 0.717) is 0 Å². The smallest absolute Gasteiger partial charge is 0.123 e. The molecule has 2 rings (SSSR count). The van der Waals surface area contributed by atoms with Crippen molar-refractivity contribution in [3.05, 3.63) is 59.9 Å². The molecule has 0 aliphatic rings. The lowest BCUT2D eigenvalue weighted by molar-refractivity contribution is 0.295. The Morgan fingerprint density at radius 2 is 1.68 bits per heavy atom.